The van der Waals surface area contributed by atoms with Gasteiger partial charge >= 0.3 is 13.2 Å². The smallest absolute Gasteiger partial charge is 0.387 e. The number of H-pyrrole nitrogens is 2. The van der Waals surface area contributed by atoms with E-state index in [9.17, 15) is 26.0 Å². The molecule has 6 aromatic rings. The number of nitrogens with one attached hydrogen (secondary N) is 2. The molecule has 2 atom stereocenters. The zero-order valence-electron chi connectivity index (χ0n) is 28.4. The van der Waals surface area contributed by atoms with Crippen molar-refractivity contribution in [2.75, 3.05) is 28.4 Å². The van der Waals surface area contributed by atoms with Gasteiger partial charge in [0, 0.05) is 59.7 Å². The lowest BCUT2D eigenvalue weighted by atomic mass is 10.3. The van der Waals surface area contributed by atoms with Crippen LogP contribution in [0.1, 0.15) is 11.4 Å². The lowest BCUT2D eigenvalue weighted by Gasteiger charge is -2.10. The third-order valence-corrected chi connectivity index (χ3v) is 9.33. The van der Waals surface area contributed by atoms with Crippen molar-refractivity contribution >= 4 is 66.7 Å². The van der Waals surface area contributed by atoms with E-state index in [0.717, 1.165) is 0 Å². The maximum absolute atomic E-state index is 12.6. The van der Waals surface area contributed by atoms with Crippen molar-refractivity contribution in [3.63, 3.8) is 0 Å². The fraction of sp³-hybridized carbons (Fsp3) is 0.250. The summed E-state index contributed by atoms with van der Waals surface area (Å²) in [5.74, 6) is 1.82. The highest BCUT2D eigenvalue weighted by Gasteiger charge is 2.19. The summed E-state index contributed by atoms with van der Waals surface area (Å²) < 4.78 is 104. The van der Waals surface area contributed by atoms with Gasteiger partial charge in [-0.3, -0.25) is 18.4 Å². The van der Waals surface area contributed by atoms with Crippen LogP contribution >= 0.6 is 0 Å². The first-order chi connectivity index (χ1) is 25.0. The van der Waals surface area contributed by atoms with Crippen LogP contribution in [-0.4, -0.2) is 103 Å². The zero-order chi connectivity index (χ0) is 37.4. The molecule has 278 valence electrons. The monoisotopic (exact) mass is 790 g/mol. The lowest BCUT2D eigenvalue weighted by molar-refractivity contribution is -0.0504. The number of hydrogen-bond acceptors (Lipinski definition) is 12. The Kier molecular flexibility index (Phi) is 14.6. The van der Waals surface area contributed by atoms with Crippen molar-refractivity contribution in [3.05, 3.63) is 72.3 Å². The van der Waals surface area contributed by atoms with Crippen molar-refractivity contribution < 1.29 is 54.4 Å². The maximum atomic E-state index is 12.6. The summed E-state index contributed by atoms with van der Waals surface area (Å²) in [5, 5.41) is 0.390. The van der Waals surface area contributed by atoms with Crippen LogP contribution in [0.2, 0.25) is 0 Å². The van der Waals surface area contributed by atoms with Crippen LogP contribution in [0.25, 0.3) is 22.1 Å². The van der Waals surface area contributed by atoms with E-state index in [1.807, 2.05) is 0 Å². The number of nitrogens with zero attached hydrogens (tertiary/aromatic N) is 4. The number of rotatable bonds is 14. The molecule has 0 aliphatic carbocycles. The maximum Gasteiger partial charge on any atom is 0.387 e. The van der Waals surface area contributed by atoms with Crippen LogP contribution in [0.4, 0.5) is 17.6 Å². The molecule has 2 aromatic carbocycles. The first-order valence-electron chi connectivity index (χ1n) is 14.8. The van der Waals surface area contributed by atoms with Crippen LogP contribution in [0.5, 0.6) is 34.5 Å². The molecule has 2 radical (unpaired) electrons. The minimum Gasteiger partial charge on any atom is -0.493 e. The van der Waals surface area contributed by atoms with Gasteiger partial charge in [-0.05, 0) is 24.3 Å². The number of pyridine rings is 2. The number of ether oxygens (including phenoxy) is 6. The fourth-order valence-electron chi connectivity index (χ4n) is 4.79. The van der Waals surface area contributed by atoms with Gasteiger partial charge in [-0.2, -0.15) is 17.6 Å². The molecule has 4 heterocycles. The summed E-state index contributed by atoms with van der Waals surface area (Å²) in [6.07, 6.45) is 3.06. The van der Waals surface area contributed by atoms with Crippen molar-refractivity contribution in [2.45, 2.75) is 35.0 Å². The summed E-state index contributed by atoms with van der Waals surface area (Å²) in [6, 6.07) is 11.8. The molecule has 0 saturated carbocycles. The van der Waals surface area contributed by atoms with Crippen LogP contribution in [0.15, 0.2) is 71.2 Å². The van der Waals surface area contributed by atoms with Crippen molar-refractivity contribution in [1.82, 2.24) is 29.9 Å². The largest absolute Gasteiger partial charge is 0.493 e. The van der Waals surface area contributed by atoms with Crippen molar-refractivity contribution in [1.29, 1.82) is 0 Å². The average Bonchev–Trinajstić information content (AvgIpc) is 3.75. The summed E-state index contributed by atoms with van der Waals surface area (Å²) in [7, 11) is 2.81. The van der Waals surface area contributed by atoms with Gasteiger partial charge in [0.25, 0.3) is 0 Å². The molecule has 0 fully saturated rings. The molecule has 0 aliphatic heterocycles. The van der Waals surface area contributed by atoms with Crippen LogP contribution in [0, 0.1) is 0 Å². The molecule has 6 rings (SSSR count). The van der Waals surface area contributed by atoms with E-state index in [1.165, 1.54) is 77.2 Å². The SMILES string of the molecule is COc1ccnc(CS(=O)c2nc3ccc(OC(F)F)cc3[nH]2)c1OC.COc1ccnc(CS(=O)c2nc3ccc(OC(F)F)cc3[nH]2)c1OC.[Mg]. The molecule has 0 bridgehead atoms. The average molecular weight is 791 g/mol. The Morgan fingerprint density at radius 2 is 1.02 bits per heavy atom. The summed E-state index contributed by atoms with van der Waals surface area (Å²) in [6.45, 7) is -5.84. The Bertz CT molecular complexity index is 2060. The predicted molar refractivity (Wildman–Crippen MR) is 186 cm³/mol. The summed E-state index contributed by atoms with van der Waals surface area (Å²) in [4.78, 5) is 22.5. The molecule has 4 aromatic heterocycles. The predicted octanol–water partition coefficient (Wildman–Crippen LogP) is 5.39. The minimum absolute atomic E-state index is 0. The zero-order valence-corrected chi connectivity index (χ0v) is 31.5. The normalized spacial score (nSPS) is 12.1. The highest BCUT2D eigenvalue weighted by molar-refractivity contribution is 7.84. The number of hydrogen-bond donors (Lipinski definition) is 2. The number of aromatic amines is 2. The van der Waals surface area contributed by atoms with E-state index >= 15 is 0 Å². The Balaban J connectivity index is 0.000000232. The topological polar surface area (TPSA) is 173 Å². The van der Waals surface area contributed by atoms with E-state index in [4.69, 9.17) is 18.9 Å². The van der Waals surface area contributed by atoms with Crippen molar-refractivity contribution in [2.24, 2.45) is 0 Å². The number of aromatic nitrogens is 6. The number of methoxy groups -OCH3 is 4. The molecule has 0 spiro atoms. The second kappa shape index (κ2) is 18.8. The molecule has 0 saturated heterocycles. The molecule has 21 heteroatoms. The van der Waals surface area contributed by atoms with Gasteiger partial charge in [-0.1, -0.05) is 0 Å². The number of fused-ring (bicyclic) bond motifs is 2. The highest BCUT2D eigenvalue weighted by atomic mass is 32.2. The van der Waals surface area contributed by atoms with E-state index in [2.05, 4.69) is 39.4 Å². The second-order valence-electron chi connectivity index (χ2n) is 10.2. The number of halogens is 4. The number of imidazole rings is 2. The molecule has 0 amide bonds. The van der Waals surface area contributed by atoms with Crippen LogP contribution in [0.3, 0.4) is 0 Å². The Morgan fingerprint density at radius 3 is 1.36 bits per heavy atom. The van der Waals surface area contributed by atoms with E-state index < -0.39 is 34.8 Å². The number of alkyl halides is 4. The van der Waals surface area contributed by atoms with Gasteiger partial charge in [0.05, 0.1) is 95.0 Å². The van der Waals surface area contributed by atoms with E-state index in [0.29, 0.717) is 56.5 Å². The standard InChI is InChI=1S/2C16H15F2N3O4S.Mg/c2*1-23-13-5-6-19-12(14(13)24-2)8-26(22)16-20-10-4-3-9(25-15(17)18)7-11(10)21-16;/h2*3-7,15H,8H2,1-2H3,(H,20,21);. The van der Waals surface area contributed by atoms with Gasteiger partial charge < -0.3 is 38.4 Å². The summed E-state index contributed by atoms with van der Waals surface area (Å²) >= 11 is 0. The van der Waals surface area contributed by atoms with Crippen LogP contribution in [-0.2, 0) is 33.1 Å². The first kappa shape index (κ1) is 41.0. The quantitative estimate of drug-likeness (QED) is 0.107. The molecule has 0 aliphatic rings. The Morgan fingerprint density at radius 1 is 0.623 bits per heavy atom. The van der Waals surface area contributed by atoms with Gasteiger partial charge in [0.2, 0.25) is 0 Å². The van der Waals surface area contributed by atoms with Gasteiger partial charge in [0.1, 0.15) is 11.5 Å². The van der Waals surface area contributed by atoms with Crippen LogP contribution < -0.4 is 28.4 Å². The highest BCUT2D eigenvalue weighted by Crippen LogP contribution is 2.32. The third kappa shape index (κ3) is 10.2. The molecular weight excluding hydrogens is 761 g/mol. The molecule has 2 N–H and O–H groups in total. The first-order valence-corrected chi connectivity index (χ1v) is 17.4. The van der Waals surface area contributed by atoms with Crippen molar-refractivity contribution in [3.8, 4) is 34.5 Å². The minimum atomic E-state index is -2.92. The van der Waals surface area contributed by atoms with Gasteiger partial charge in [-0.25, -0.2) is 9.97 Å². The molecule has 2 unspecified atom stereocenters. The van der Waals surface area contributed by atoms with Gasteiger partial charge in [-0.15, -0.1) is 0 Å². The third-order valence-electron chi connectivity index (χ3n) is 7.01. The summed E-state index contributed by atoms with van der Waals surface area (Å²) in [5.41, 5.74) is 2.76. The Labute approximate surface area is 320 Å². The lowest BCUT2D eigenvalue weighted by Crippen LogP contribution is -2.04. The Hall–Kier alpha value is -4.73. The molecular formula is C32H30F4MgN6O8S2. The fourth-order valence-corrected chi connectivity index (χ4v) is 6.82. The van der Waals surface area contributed by atoms with Gasteiger partial charge in [0.15, 0.2) is 33.3 Å². The molecule has 53 heavy (non-hydrogen) atoms. The molecule has 14 nitrogen and oxygen atoms in total. The second-order valence-corrected chi connectivity index (χ2v) is 12.9. The van der Waals surface area contributed by atoms with E-state index in [1.54, 1.807) is 12.1 Å². The number of benzene rings is 2. The van der Waals surface area contributed by atoms with E-state index in [-0.39, 0.29) is 56.4 Å².